The van der Waals surface area contributed by atoms with Crippen LogP contribution in [0, 0.1) is 20.8 Å². The van der Waals surface area contributed by atoms with Gasteiger partial charge in [-0.2, -0.15) is 0 Å². The van der Waals surface area contributed by atoms with Gasteiger partial charge in [0.25, 0.3) is 5.91 Å². The van der Waals surface area contributed by atoms with Crippen LogP contribution in [-0.4, -0.2) is 27.2 Å². The van der Waals surface area contributed by atoms with Crippen molar-refractivity contribution in [2.45, 2.75) is 27.3 Å². The Kier molecular flexibility index (Phi) is 5.39. The van der Waals surface area contributed by atoms with E-state index in [2.05, 4.69) is 5.32 Å². The molecule has 0 radical (unpaired) electrons. The van der Waals surface area contributed by atoms with Crippen molar-refractivity contribution in [2.75, 3.05) is 21.3 Å². The van der Waals surface area contributed by atoms with Crippen LogP contribution in [0.1, 0.15) is 33.0 Å². The maximum atomic E-state index is 12.5. The van der Waals surface area contributed by atoms with E-state index in [1.807, 2.05) is 13.8 Å². The molecule has 1 heterocycles. The van der Waals surface area contributed by atoms with E-state index in [-0.39, 0.29) is 12.5 Å². The molecule has 0 aliphatic rings. The number of ether oxygens (including phenoxy) is 3. The highest BCUT2D eigenvalue weighted by Gasteiger charge is 2.20. The predicted molar refractivity (Wildman–Crippen MR) is 90.2 cm³/mol. The highest BCUT2D eigenvalue weighted by atomic mass is 16.5. The molecule has 1 N–H and O–H groups in total. The Labute approximate surface area is 141 Å². The zero-order chi connectivity index (χ0) is 17.9. The number of amides is 1. The fourth-order valence-corrected chi connectivity index (χ4v) is 2.64. The van der Waals surface area contributed by atoms with Gasteiger partial charge >= 0.3 is 0 Å². The molecule has 0 saturated heterocycles. The van der Waals surface area contributed by atoms with E-state index in [1.165, 1.54) is 0 Å². The van der Waals surface area contributed by atoms with Crippen LogP contribution in [0.15, 0.2) is 16.5 Å². The summed E-state index contributed by atoms with van der Waals surface area (Å²) in [6, 6.07) is 3.50. The summed E-state index contributed by atoms with van der Waals surface area (Å²) >= 11 is 0. The molecular formula is C18H23NO5. The van der Waals surface area contributed by atoms with Gasteiger partial charge in [-0.15, -0.1) is 0 Å². The first-order valence-electron chi connectivity index (χ1n) is 7.56. The minimum atomic E-state index is -0.193. The van der Waals surface area contributed by atoms with Crippen molar-refractivity contribution in [3.63, 3.8) is 0 Å². The molecule has 130 valence electrons. The highest BCUT2D eigenvalue weighted by Crippen LogP contribution is 2.34. The largest absolute Gasteiger partial charge is 0.496 e. The average Bonchev–Trinajstić information content (AvgIpc) is 2.84. The van der Waals surface area contributed by atoms with Crippen LogP contribution in [-0.2, 0) is 6.54 Å². The van der Waals surface area contributed by atoms with Gasteiger partial charge in [-0.05, 0) is 20.8 Å². The van der Waals surface area contributed by atoms with Gasteiger partial charge in [-0.3, -0.25) is 4.79 Å². The molecule has 0 aliphatic heterocycles. The maximum Gasteiger partial charge on any atom is 0.255 e. The van der Waals surface area contributed by atoms with Gasteiger partial charge < -0.3 is 23.9 Å². The fourth-order valence-electron chi connectivity index (χ4n) is 2.64. The Balaban J connectivity index is 2.27. The second kappa shape index (κ2) is 7.29. The summed E-state index contributed by atoms with van der Waals surface area (Å²) in [5.41, 5.74) is 2.15. The number of hydrogen-bond donors (Lipinski definition) is 1. The van der Waals surface area contributed by atoms with Gasteiger partial charge in [0, 0.05) is 17.7 Å². The monoisotopic (exact) mass is 333 g/mol. The zero-order valence-corrected chi connectivity index (χ0v) is 14.9. The Hall–Kier alpha value is -2.63. The van der Waals surface area contributed by atoms with E-state index in [4.69, 9.17) is 18.6 Å². The van der Waals surface area contributed by atoms with Crippen molar-refractivity contribution in [1.82, 2.24) is 5.32 Å². The van der Waals surface area contributed by atoms with Crippen LogP contribution in [0.3, 0.4) is 0 Å². The van der Waals surface area contributed by atoms with Crippen molar-refractivity contribution in [1.29, 1.82) is 0 Å². The summed E-state index contributed by atoms with van der Waals surface area (Å²) in [6.45, 7) is 5.76. The van der Waals surface area contributed by atoms with Gasteiger partial charge in [-0.1, -0.05) is 0 Å². The first-order valence-corrected chi connectivity index (χ1v) is 7.56. The smallest absolute Gasteiger partial charge is 0.255 e. The Morgan fingerprint density at radius 2 is 1.58 bits per heavy atom. The minimum absolute atomic E-state index is 0.193. The van der Waals surface area contributed by atoms with Gasteiger partial charge in [0.1, 0.15) is 28.8 Å². The van der Waals surface area contributed by atoms with E-state index in [1.54, 1.807) is 40.4 Å². The second-order valence-corrected chi connectivity index (χ2v) is 5.41. The average molecular weight is 333 g/mol. The molecule has 2 aromatic rings. The Bertz CT molecular complexity index is 723. The number of furan rings is 1. The van der Waals surface area contributed by atoms with Crippen LogP contribution in [0.25, 0.3) is 0 Å². The molecule has 1 amide bonds. The number of methoxy groups -OCH3 is 3. The topological polar surface area (TPSA) is 69.9 Å². The Morgan fingerprint density at radius 1 is 1.00 bits per heavy atom. The van der Waals surface area contributed by atoms with Gasteiger partial charge in [-0.25, -0.2) is 0 Å². The molecule has 1 aromatic carbocycles. The molecule has 0 aliphatic carbocycles. The molecule has 0 bridgehead atoms. The summed E-state index contributed by atoms with van der Waals surface area (Å²) in [4.78, 5) is 12.5. The lowest BCUT2D eigenvalue weighted by atomic mass is 10.1. The van der Waals surface area contributed by atoms with Crippen LogP contribution in [0.2, 0.25) is 0 Å². The van der Waals surface area contributed by atoms with Gasteiger partial charge in [0.2, 0.25) is 0 Å². The summed E-state index contributed by atoms with van der Waals surface area (Å²) in [6.07, 6.45) is 0. The van der Waals surface area contributed by atoms with Crippen molar-refractivity contribution in [3.8, 4) is 17.2 Å². The van der Waals surface area contributed by atoms with Crippen molar-refractivity contribution < 1.29 is 23.4 Å². The van der Waals surface area contributed by atoms with E-state index in [9.17, 15) is 4.79 Å². The third-order valence-corrected chi connectivity index (χ3v) is 4.03. The van der Waals surface area contributed by atoms with Gasteiger partial charge in [0.15, 0.2) is 0 Å². The fraction of sp³-hybridized carbons (Fsp3) is 0.389. The number of rotatable bonds is 6. The summed E-state index contributed by atoms with van der Waals surface area (Å²) in [5, 5.41) is 2.90. The van der Waals surface area contributed by atoms with Gasteiger partial charge in [0.05, 0.1) is 39.0 Å². The number of benzene rings is 1. The second-order valence-electron chi connectivity index (χ2n) is 5.41. The van der Waals surface area contributed by atoms with Crippen LogP contribution in [0.4, 0.5) is 0 Å². The maximum absolute atomic E-state index is 12.5. The number of carbonyl (C=O) groups excluding carboxylic acids is 1. The number of nitrogens with one attached hydrogen (secondary N) is 1. The van der Waals surface area contributed by atoms with E-state index in [0.717, 1.165) is 16.9 Å². The third-order valence-electron chi connectivity index (χ3n) is 4.03. The molecule has 0 spiro atoms. The molecular weight excluding hydrogens is 310 g/mol. The summed E-state index contributed by atoms with van der Waals surface area (Å²) < 4.78 is 21.5. The van der Waals surface area contributed by atoms with E-state index >= 15 is 0 Å². The lowest BCUT2D eigenvalue weighted by molar-refractivity contribution is 0.0948. The molecule has 1 aromatic heterocycles. The lowest BCUT2D eigenvalue weighted by Crippen LogP contribution is -2.24. The molecule has 6 nitrogen and oxygen atoms in total. The summed E-state index contributed by atoms with van der Waals surface area (Å²) in [7, 11) is 4.70. The van der Waals surface area contributed by atoms with E-state index < -0.39 is 0 Å². The Morgan fingerprint density at radius 3 is 2.00 bits per heavy atom. The number of carbonyl (C=O) groups is 1. The summed E-state index contributed by atoms with van der Waals surface area (Å²) in [5.74, 6) is 2.96. The first-order chi connectivity index (χ1) is 11.4. The highest BCUT2D eigenvalue weighted by molar-refractivity contribution is 5.96. The molecule has 0 fully saturated rings. The van der Waals surface area contributed by atoms with Crippen LogP contribution < -0.4 is 19.5 Å². The van der Waals surface area contributed by atoms with Crippen LogP contribution in [0.5, 0.6) is 17.2 Å². The molecule has 2 rings (SSSR count). The zero-order valence-electron chi connectivity index (χ0n) is 14.9. The number of aryl methyl sites for hydroxylation is 2. The quantitative estimate of drug-likeness (QED) is 0.879. The lowest BCUT2D eigenvalue weighted by Gasteiger charge is -2.15. The normalized spacial score (nSPS) is 10.4. The first kappa shape index (κ1) is 17.7. The van der Waals surface area contributed by atoms with Crippen LogP contribution >= 0.6 is 0 Å². The van der Waals surface area contributed by atoms with E-state index in [0.29, 0.717) is 28.6 Å². The SMILES string of the molecule is COc1cc(OC)c(CNC(=O)c2c(C)oc(C)c2C)c(OC)c1. The molecule has 0 saturated carbocycles. The predicted octanol–water partition coefficient (Wildman–Crippen LogP) is 3.16. The molecule has 24 heavy (non-hydrogen) atoms. The molecule has 0 unspecified atom stereocenters. The van der Waals surface area contributed by atoms with Crippen molar-refractivity contribution >= 4 is 5.91 Å². The standard InChI is InChI=1S/C18H23NO5/c1-10-11(2)24-12(3)17(10)18(20)19-9-14-15(22-5)7-13(21-4)8-16(14)23-6/h7-8H,9H2,1-6H3,(H,19,20). The van der Waals surface area contributed by atoms with Crippen molar-refractivity contribution in [3.05, 3.63) is 40.3 Å². The molecule has 6 heteroatoms. The number of hydrogen-bond acceptors (Lipinski definition) is 5. The van der Waals surface area contributed by atoms with Crippen molar-refractivity contribution in [2.24, 2.45) is 0 Å². The third kappa shape index (κ3) is 3.32. The molecule has 0 atom stereocenters. The minimum Gasteiger partial charge on any atom is -0.496 e.